The second-order valence-electron chi connectivity index (χ2n) is 7.20. The van der Waals surface area contributed by atoms with E-state index in [4.69, 9.17) is 0 Å². The summed E-state index contributed by atoms with van der Waals surface area (Å²) in [5, 5.41) is 0. The van der Waals surface area contributed by atoms with Crippen molar-refractivity contribution in [2.24, 2.45) is 17.8 Å². The summed E-state index contributed by atoms with van der Waals surface area (Å²) in [6, 6.07) is 2.47. The highest BCUT2D eigenvalue weighted by atomic mass is 19.4. The number of rotatable bonds is 3. The lowest BCUT2D eigenvalue weighted by Gasteiger charge is -2.38. The summed E-state index contributed by atoms with van der Waals surface area (Å²) in [6.07, 6.45) is 4.37. The molecule has 1 saturated carbocycles. The standard InChI is InChI=1S/C18H22F3N3/c19-18(20,21)16-2-1-5-22-17(16)24-8-6-23(7-9-24)12-15-11-13-3-4-14(15)10-13/h1-5,13-15H,6-12H2. The highest BCUT2D eigenvalue weighted by molar-refractivity contribution is 5.48. The number of piperazine rings is 1. The van der Waals surface area contributed by atoms with Crippen molar-refractivity contribution < 1.29 is 13.2 Å². The molecule has 3 atom stereocenters. The summed E-state index contributed by atoms with van der Waals surface area (Å²) in [7, 11) is 0. The molecule has 1 aromatic rings. The number of hydrogen-bond donors (Lipinski definition) is 0. The van der Waals surface area contributed by atoms with E-state index in [-0.39, 0.29) is 5.82 Å². The van der Waals surface area contributed by atoms with Crippen LogP contribution in [0.5, 0.6) is 0 Å². The van der Waals surface area contributed by atoms with E-state index in [1.807, 2.05) is 0 Å². The number of halogens is 3. The third-order valence-corrected chi connectivity index (χ3v) is 5.67. The van der Waals surface area contributed by atoms with Crippen LogP contribution in [0.4, 0.5) is 19.0 Å². The topological polar surface area (TPSA) is 19.4 Å². The minimum Gasteiger partial charge on any atom is -0.354 e. The Labute approximate surface area is 140 Å². The van der Waals surface area contributed by atoms with Crippen LogP contribution in [0.25, 0.3) is 0 Å². The van der Waals surface area contributed by atoms with Crippen LogP contribution < -0.4 is 4.90 Å². The molecule has 2 heterocycles. The molecular formula is C18H22F3N3. The molecule has 3 unspecified atom stereocenters. The molecule has 1 saturated heterocycles. The van der Waals surface area contributed by atoms with E-state index in [9.17, 15) is 13.2 Å². The summed E-state index contributed by atoms with van der Waals surface area (Å²) < 4.78 is 39.5. The van der Waals surface area contributed by atoms with Crippen LogP contribution in [0.3, 0.4) is 0 Å². The average Bonchev–Trinajstić information content (AvgIpc) is 3.18. The smallest absolute Gasteiger partial charge is 0.354 e. The molecule has 3 aliphatic rings. The minimum atomic E-state index is -4.35. The number of anilines is 1. The Morgan fingerprint density at radius 3 is 2.50 bits per heavy atom. The van der Waals surface area contributed by atoms with Crippen molar-refractivity contribution in [3.05, 3.63) is 36.0 Å². The predicted molar refractivity (Wildman–Crippen MR) is 86.7 cm³/mol. The van der Waals surface area contributed by atoms with Crippen molar-refractivity contribution in [1.82, 2.24) is 9.88 Å². The van der Waals surface area contributed by atoms with Crippen molar-refractivity contribution in [3.8, 4) is 0 Å². The van der Waals surface area contributed by atoms with Gasteiger partial charge in [-0.05, 0) is 42.7 Å². The summed E-state index contributed by atoms with van der Waals surface area (Å²) in [4.78, 5) is 8.19. The first-order chi connectivity index (χ1) is 11.5. The minimum absolute atomic E-state index is 0.0764. The van der Waals surface area contributed by atoms with Crippen molar-refractivity contribution in [2.45, 2.75) is 19.0 Å². The molecule has 1 aromatic heterocycles. The molecule has 130 valence electrons. The first-order valence-electron chi connectivity index (χ1n) is 8.68. The lowest BCUT2D eigenvalue weighted by Crippen LogP contribution is -2.48. The monoisotopic (exact) mass is 337 g/mol. The van der Waals surface area contributed by atoms with Crippen molar-refractivity contribution in [1.29, 1.82) is 0 Å². The second-order valence-corrected chi connectivity index (χ2v) is 7.20. The fourth-order valence-corrected chi connectivity index (χ4v) is 4.45. The van der Waals surface area contributed by atoms with Crippen LogP contribution in [-0.4, -0.2) is 42.6 Å². The highest BCUT2D eigenvalue weighted by Crippen LogP contribution is 2.43. The summed E-state index contributed by atoms with van der Waals surface area (Å²) in [6.45, 7) is 3.91. The average molecular weight is 337 g/mol. The SMILES string of the molecule is FC(F)(F)c1cccnc1N1CCN(CC2CC3C=CC2C3)CC1. The normalized spacial score (nSPS) is 30.3. The quantitative estimate of drug-likeness (QED) is 0.788. The molecule has 0 spiro atoms. The molecule has 1 aliphatic heterocycles. The maximum absolute atomic E-state index is 13.2. The summed E-state index contributed by atoms with van der Waals surface area (Å²) >= 11 is 0. The largest absolute Gasteiger partial charge is 0.419 e. The molecule has 4 rings (SSSR count). The number of hydrogen-bond acceptors (Lipinski definition) is 3. The van der Waals surface area contributed by atoms with Gasteiger partial charge in [-0.3, -0.25) is 4.90 Å². The van der Waals surface area contributed by atoms with Gasteiger partial charge in [-0.15, -0.1) is 0 Å². The van der Waals surface area contributed by atoms with E-state index in [1.165, 1.54) is 25.1 Å². The molecule has 2 bridgehead atoms. The molecule has 0 amide bonds. The van der Waals surface area contributed by atoms with Crippen molar-refractivity contribution in [2.75, 3.05) is 37.6 Å². The van der Waals surface area contributed by atoms with Crippen LogP contribution in [-0.2, 0) is 6.18 Å². The number of pyridine rings is 1. The van der Waals surface area contributed by atoms with E-state index < -0.39 is 11.7 Å². The van der Waals surface area contributed by atoms with Gasteiger partial charge in [0.1, 0.15) is 5.82 Å². The summed E-state index contributed by atoms with van der Waals surface area (Å²) in [5.41, 5.74) is -0.628. The van der Waals surface area contributed by atoms with Gasteiger partial charge in [-0.2, -0.15) is 13.2 Å². The second kappa shape index (κ2) is 6.06. The fourth-order valence-electron chi connectivity index (χ4n) is 4.45. The van der Waals surface area contributed by atoms with Crippen molar-refractivity contribution in [3.63, 3.8) is 0 Å². The van der Waals surface area contributed by atoms with Gasteiger partial charge in [0, 0.05) is 38.9 Å². The first-order valence-corrected chi connectivity index (χ1v) is 8.68. The number of allylic oxidation sites excluding steroid dienone is 2. The van der Waals surface area contributed by atoms with Crippen LogP contribution >= 0.6 is 0 Å². The van der Waals surface area contributed by atoms with Crippen LogP contribution in [0.15, 0.2) is 30.5 Å². The zero-order valence-corrected chi connectivity index (χ0v) is 13.5. The van der Waals surface area contributed by atoms with Gasteiger partial charge in [0.15, 0.2) is 0 Å². The maximum atomic E-state index is 13.2. The van der Waals surface area contributed by atoms with E-state index in [0.29, 0.717) is 13.1 Å². The number of nitrogens with zero attached hydrogens (tertiary/aromatic N) is 3. The predicted octanol–water partition coefficient (Wildman–Crippen LogP) is 3.43. The summed E-state index contributed by atoms with van der Waals surface area (Å²) in [5.74, 6) is 2.30. The van der Waals surface area contributed by atoms with Crippen molar-refractivity contribution >= 4 is 5.82 Å². The lowest BCUT2D eigenvalue weighted by atomic mass is 9.93. The molecule has 6 heteroatoms. The van der Waals surface area contributed by atoms with Crippen LogP contribution in [0, 0.1) is 17.8 Å². The number of alkyl halides is 3. The third kappa shape index (κ3) is 3.04. The van der Waals surface area contributed by atoms with Gasteiger partial charge in [-0.25, -0.2) is 4.98 Å². The molecule has 0 aromatic carbocycles. The highest BCUT2D eigenvalue weighted by Gasteiger charge is 2.38. The zero-order chi connectivity index (χ0) is 16.7. The van der Waals surface area contributed by atoms with E-state index in [1.54, 1.807) is 4.90 Å². The van der Waals surface area contributed by atoms with Crippen LogP contribution in [0.2, 0.25) is 0 Å². The lowest BCUT2D eigenvalue weighted by molar-refractivity contribution is -0.137. The van der Waals surface area contributed by atoms with Gasteiger partial charge in [0.2, 0.25) is 0 Å². The Kier molecular flexibility index (Phi) is 4.03. The van der Waals surface area contributed by atoms with Gasteiger partial charge >= 0.3 is 6.18 Å². The molecular weight excluding hydrogens is 315 g/mol. The van der Waals surface area contributed by atoms with E-state index >= 15 is 0 Å². The van der Waals surface area contributed by atoms with E-state index in [2.05, 4.69) is 22.0 Å². The Morgan fingerprint density at radius 2 is 1.88 bits per heavy atom. The molecule has 3 nitrogen and oxygen atoms in total. The molecule has 2 fully saturated rings. The zero-order valence-electron chi connectivity index (χ0n) is 13.5. The van der Waals surface area contributed by atoms with Crippen LogP contribution in [0.1, 0.15) is 18.4 Å². The number of aromatic nitrogens is 1. The first kappa shape index (κ1) is 15.9. The Bertz CT molecular complexity index is 620. The molecule has 24 heavy (non-hydrogen) atoms. The molecule has 2 aliphatic carbocycles. The van der Waals surface area contributed by atoms with Gasteiger partial charge in [0.05, 0.1) is 5.56 Å². The third-order valence-electron chi connectivity index (χ3n) is 5.67. The van der Waals surface area contributed by atoms with Gasteiger partial charge in [0.25, 0.3) is 0 Å². The molecule has 0 radical (unpaired) electrons. The number of fused-ring (bicyclic) bond motifs is 2. The Balaban J connectivity index is 1.37. The maximum Gasteiger partial charge on any atom is 0.419 e. The van der Waals surface area contributed by atoms with Gasteiger partial charge in [-0.1, -0.05) is 12.2 Å². The fraction of sp³-hybridized carbons (Fsp3) is 0.611. The molecule has 0 N–H and O–H groups in total. The Morgan fingerprint density at radius 1 is 1.08 bits per heavy atom. The Hall–Kier alpha value is -1.56. The van der Waals surface area contributed by atoms with Gasteiger partial charge < -0.3 is 4.90 Å². The van der Waals surface area contributed by atoms with E-state index in [0.717, 1.165) is 43.5 Å².